The van der Waals surface area contributed by atoms with E-state index in [1.165, 1.54) is 35.9 Å². The molecule has 72 valence electrons. The predicted octanol–water partition coefficient (Wildman–Crippen LogP) is 3.61. The van der Waals surface area contributed by atoms with Crippen LogP contribution in [0.4, 0.5) is 0 Å². The Morgan fingerprint density at radius 2 is 2.21 bits per heavy atom. The minimum Gasteiger partial charge on any atom is -0.358 e. The molecular formula is C13H15N. The molecule has 0 spiro atoms. The van der Waals surface area contributed by atoms with Crippen LogP contribution in [0.5, 0.6) is 0 Å². The molecule has 0 saturated carbocycles. The highest BCUT2D eigenvalue weighted by molar-refractivity contribution is 5.85. The third-order valence-corrected chi connectivity index (χ3v) is 3.47. The fourth-order valence-electron chi connectivity index (χ4n) is 2.75. The molecule has 0 aliphatic heterocycles. The van der Waals surface area contributed by atoms with E-state index >= 15 is 0 Å². The van der Waals surface area contributed by atoms with E-state index in [4.69, 9.17) is 0 Å². The van der Waals surface area contributed by atoms with Crippen LogP contribution in [0.3, 0.4) is 0 Å². The zero-order valence-electron chi connectivity index (χ0n) is 8.51. The maximum atomic E-state index is 3.54. The van der Waals surface area contributed by atoms with Crippen LogP contribution in [0.2, 0.25) is 0 Å². The van der Waals surface area contributed by atoms with E-state index in [0.717, 1.165) is 5.92 Å². The number of aromatic nitrogens is 1. The number of benzene rings is 1. The van der Waals surface area contributed by atoms with Crippen LogP contribution in [0.15, 0.2) is 24.3 Å². The van der Waals surface area contributed by atoms with E-state index in [-0.39, 0.29) is 0 Å². The summed E-state index contributed by atoms with van der Waals surface area (Å²) in [7, 11) is 0. The largest absolute Gasteiger partial charge is 0.358 e. The average Bonchev–Trinajstić information content (AvgIpc) is 2.75. The molecule has 1 aliphatic rings. The van der Waals surface area contributed by atoms with Gasteiger partial charge in [-0.3, -0.25) is 0 Å². The molecule has 1 unspecified atom stereocenters. The number of hydrogen-bond acceptors (Lipinski definition) is 0. The van der Waals surface area contributed by atoms with Gasteiger partial charge in [0.1, 0.15) is 0 Å². The molecule has 0 radical (unpaired) electrons. The molecule has 0 saturated heterocycles. The van der Waals surface area contributed by atoms with Gasteiger partial charge in [-0.1, -0.05) is 25.1 Å². The summed E-state index contributed by atoms with van der Waals surface area (Å²) in [6.45, 7) is 2.29. The average molecular weight is 185 g/mol. The molecule has 3 rings (SSSR count). The molecule has 1 heterocycles. The van der Waals surface area contributed by atoms with Gasteiger partial charge in [-0.2, -0.15) is 0 Å². The van der Waals surface area contributed by atoms with Gasteiger partial charge in [0.05, 0.1) is 0 Å². The summed E-state index contributed by atoms with van der Waals surface area (Å²) in [5, 5.41) is 1.45. The minimum absolute atomic E-state index is 0.793. The maximum Gasteiger partial charge on any atom is 0.0459 e. The molecule has 14 heavy (non-hydrogen) atoms. The Morgan fingerprint density at radius 1 is 1.36 bits per heavy atom. The van der Waals surface area contributed by atoms with Crippen molar-refractivity contribution in [3.63, 3.8) is 0 Å². The van der Waals surface area contributed by atoms with Crippen LogP contribution >= 0.6 is 0 Å². The summed E-state index contributed by atoms with van der Waals surface area (Å²) >= 11 is 0. The quantitative estimate of drug-likeness (QED) is 0.698. The predicted molar refractivity (Wildman–Crippen MR) is 59.7 cm³/mol. The number of aromatic amines is 1. The summed E-state index contributed by atoms with van der Waals surface area (Å²) in [4.78, 5) is 3.54. The van der Waals surface area contributed by atoms with Gasteiger partial charge in [-0.15, -0.1) is 0 Å². The van der Waals surface area contributed by atoms with Crippen molar-refractivity contribution in [2.45, 2.75) is 32.1 Å². The number of H-pyrrole nitrogens is 1. The number of aryl methyl sites for hydroxylation is 1. The maximum absolute atomic E-state index is 3.54. The normalized spacial score (nSPS) is 20.2. The lowest BCUT2D eigenvalue weighted by Crippen LogP contribution is -1.89. The first kappa shape index (κ1) is 8.10. The highest BCUT2D eigenvalue weighted by Gasteiger charge is 2.24. The van der Waals surface area contributed by atoms with Crippen molar-refractivity contribution in [3.05, 3.63) is 35.5 Å². The monoisotopic (exact) mass is 185 g/mol. The van der Waals surface area contributed by atoms with Gasteiger partial charge in [0.25, 0.3) is 0 Å². The summed E-state index contributed by atoms with van der Waals surface area (Å²) in [5.41, 5.74) is 4.40. The number of fused-ring (bicyclic) bond motifs is 3. The summed E-state index contributed by atoms with van der Waals surface area (Å²) in [5.74, 6) is 0.793. The molecule has 1 nitrogen and oxygen atoms in total. The molecule has 1 aromatic carbocycles. The fourth-order valence-corrected chi connectivity index (χ4v) is 2.75. The second kappa shape index (κ2) is 2.88. The standard InChI is InChI=1S/C13H15N/c1-2-9-7-8-12-13(9)10-5-3-4-6-11(10)14-12/h3-6,9,14H,2,7-8H2,1H3. The van der Waals surface area contributed by atoms with Crippen molar-refractivity contribution in [2.75, 3.05) is 0 Å². The molecule has 1 aromatic heterocycles. The Balaban J connectivity index is 2.29. The molecule has 1 N–H and O–H groups in total. The molecule has 1 aliphatic carbocycles. The molecule has 0 amide bonds. The van der Waals surface area contributed by atoms with Crippen molar-refractivity contribution in [1.82, 2.24) is 4.98 Å². The van der Waals surface area contributed by atoms with Crippen molar-refractivity contribution < 1.29 is 0 Å². The van der Waals surface area contributed by atoms with Gasteiger partial charge in [-0.05, 0) is 36.8 Å². The number of rotatable bonds is 1. The van der Waals surface area contributed by atoms with Crippen LogP contribution in [0.1, 0.15) is 36.9 Å². The van der Waals surface area contributed by atoms with Gasteiger partial charge in [0.2, 0.25) is 0 Å². The Hall–Kier alpha value is -1.24. The lowest BCUT2D eigenvalue weighted by Gasteiger charge is -2.06. The summed E-state index contributed by atoms with van der Waals surface area (Å²) in [6.07, 6.45) is 3.85. The summed E-state index contributed by atoms with van der Waals surface area (Å²) in [6, 6.07) is 8.68. The smallest absolute Gasteiger partial charge is 0.0459 e. The first-order valence-electron chi connectivity index (χ1n) is 5.49. The van der Waals surface area contributed by atoms with Crippen LogP contribution in [0.25, 0.3) is 10.9 Å². The fraction of sp³-hybridized carbons (Fsp3) is 0.385. The molecule has 2 aromatic rings. The molecule has 1 heteroatoms. The first-order chi connectivity index (χ1) is 6.90. The van der Waals surface area contributed by atoms with Crippen molar-refractivity contribution >= 4 is 10.9 Å². The molecular weight excluding hydrogens is 170 g/mol. The summed E-state index contributed by atoms with van der Waals surface area (Å²) < 4.78 is 0. The number of nitrogens with one attached hydrogen (secondary N) is 1. The second-order valence-electron chi connectivity index (χ2n) is 4.21. The highest BCUT2D eigenvalue weighted by atomic mass is 14.7. The third kappa shape index (κ3) is 0.955. The Kier molecular flexibility index (Phi) is 1.66. The Morgan fingerprint density at radius 3 is 3.07 bits per heavy atom. The number of hydrogen-bond donors (Lipinski definition) is 1. The van der Waals surface area contributed by atoms with Crippen LogP contribution in [-0.4, -0.2) is 4.98 Å². The number of para-hydroxylation sites is 1. The van der Waals surface area contributed by atoms with Gasteiger partial charge < -0.3 is 4.98 Å². The van der Waals surface area contributed by atoms with Crippen molar-refractivity contribution in [1.29, 1.82) is 0 Å². The van der Waals surface area contributed by atoms with E-state index in [2.05, 4.69) is 36.2 Å². The lowest BCUT2D eigenvalue weighted by molar-refractivity contribution is 0.658. The Bertz CT molecular complexity index is 467. The van der Waals surface area contributed by atoms with E-state index < -0.39 is 0 Å². The second-order valence-corrected chi connectivity index (χ2v) is 4.21. The van der Waals surface area contributed by atoms with Crippen LogP contribution in [-0.2, 0) is 6.42 Å². The zero-order chi connectivity index (χ0) is 9.54. The van der Waals surface area contributed by atoms with Gasteiger partial charge >= 0.3 is 0 Å². The lowest BCUT2D eigenvalue weighted by atomic mass is 9.98. The first-order valence-corrected chi connectivity index (χ1v) is 5.49. The highest BCUT2D eigenvalue weighted by Crippen LogP contribution is 2.39. The van der Waals surface area contributed by atoms with E-state index in [1.54, 1.807) is 5.56 Å². The zero-order valence-corrected chi connectivity index (χ0v) is 8.51. The van der Waals surface area contributed by atoms with Crippen LogP contribution < -0.4 is 0 Å². The third-order valence-electron chi connectivity index (χ3n) is 3.47. The van der Waals surface area contributed by atoms with Gasteiger partial charge in [0, 0.05) is 16.6 Å². The molecule has 0 bridgehead atoms. The molecule has 1 atom stereocenters. The van der Waals surface area contributed by atoms with Crippen molar-refractivity contribution in [2.24, 2.45) is 0 Å². The van der Waals surface area contributed by atoms with Gasteiger partial charge in [-0.25, -0.2) is 0 Å². The van der Waals surface area contributed by atoms with E-state index in [9.17, 15) is 0 Å². The Labute approximate surface area is 84.1 Å². The van der Waals surface area contributed by atoms with Gasteiger partial charge in [0.15, 0.2) is 0 Å². The van der Waals surface area contributed by atoms with Crippen LogP contribution in [0, 0.1) is 0 Å². The SMILES string of the molecule is CCC1CCc2[nH]c3ccccc3c21. The van der Waals surface area contributed by atoms with E-state index in [0.29, 0.717) is 0 Å². The minimum atomic E-state index is 0.793. The molecule has 0 fully saturated rings. The van der Waals surface area contributed by atoms with E-state index in [1.807, 2.05) is 0 Å². The van der Waals surface area contributed by atoms with Crippen molar-refractivity contribution in [3.8, 4) is 0 Å². The topological polar surface area (TPSA) is 15.8 Å².